The largest absolute Gasteiger partial charge is 0.455 e. The minimum atomic E-state index is 0.924. The van der Waals surface area contributed by atoms with Crippen LogP contribution in [0.1, 0.15) is 44.5 Å². The van der Waals surface area contributed by atoms with E-state index < -0.39 is 0 Å². The SMILES string of the molecule is Cc1cc(C)c(-c2ccc3oc4c(-c5ccc6c(c5)-c5ccccc5C6)cc(-c5c(C)cc(C)cc5C)cc4c3c2)c(C)c1. The van der Waals surface area contributed by atoms with Gasteiger partial charge in [0.05, 0.1) is 0 Å². The van der Waals surface area contributed by atoms with E-state index in [-0.39, 0.29) is 0 Å². The Morgan fingerprint density at radius 2 is 1.02 bits per heavy atom. The highest BCUT2D eigenvalue weighted by Crippen LogP contribution is 2.45. The number of aryl methyl sites for hydroxylation is 6. The fourth-order valence-corrected chi connectivity index (χ4v) is 7.95. The van der Waals surface area contributed by atoms with Gasteiger partial charge in [0.25, 0.3) is 0 Å². The first-order valence-corrected chi connectivity index (χ1v) is 15.6. The molecule has 1 aliphatic rings. The summed E-state index contributed by atoms with van der Waals surface area (Å²) in [5, 5.41) is 2.32. The molecule has 0 radical (unpaired) electrons. The summed E-state index contributed by atoms with van der Waals surface area (Å²) in [5.41, 5.74) is 22.6. The molecule has 0 amide bonds. The second-order valence-electron chi connectivity index (χ2n) is 13.0. The smallest absolute Gasteiger partial charge is 0.143 e. The third-order valence-electron chi connectivity index (χ3n) is 9.61. The van der Waals surface area contributed by atoms with Gasteiger partial charge in [0, 0.05) is 16.3 Å². The summed E-state index contributed by atoms with van der Waals surface area (Å²) in [7, 11) is 0. The van der Waals surface area contributed by atoms with Gasteiger partial charge in [-0.05, 0) is 151 Å². The van der Waals surface area contributed by atoms with Crippen LogP contribution in [-0.4, -0.2) is 0 Å². The van der Waals surface area contributed by atoms with Crippen molar-refractivity contribution in [3.63, 3.8) is 0 Å². The molecule has 0 saturated carbocycles. The maximum absolute atomic E-state index is 6.77. The summed E-state index contributed by atoms with van der Waals surface area (Å²) in [6.07, 6.45) is 0.994. The van der Waals surface area contributed by atoms with Gasteiger partial charge in [0.2, 0.25) is 0 Å². The zero-order chi connectivity index (χ0) is 30.3. The summed E-state index contributed by atoms with van der Waals surface area (Å²) >= 11 is 0. The normalized spacial score (nSPS) is 12.2. The maximum atomic E-state index is 6.77. The van der Waals surface area contributed by atoms with Crippen LogP contribution in [0.5, 0.6) is 0 Å². The summed E-state index contributed by atoms with van der Waals surface area (Å²) in [5.74, 6) is 0. The molecule has 0 fully saturated rings. The average molecular weight is 569 g/mol. The minimum absolute atomic E-state index is 0.924. The molecule has 0 N–H and O–H groups in total. The number of hydrogen-bond donors (Lipinski definition) is 0. The molecule has 0 saturated heterocycles. The Morgan fingerprint density at radius 1 is 0.455 bits per heavy atom. The second-order valence-corrected chi connectivity index (χ2v) is 13.0. The van der Waals surface area contributed by atoms with E-state index >= 15 is 0 Å². The van der Waals surface area contributed by atoms with Gasteiger partial charge in [-0.2, -0.15) is 0 Å². The highest BCUT2D eigenvalue weighted by atomic mass is 16.3. The summed E-state index contributed by atoms with van der Waals surface area (Å²) in [6.45, 7) is 13.3. The molecule has 7 aromatic rings. The Labute approximate surface area is 259 Å². The van der Waals surface area contributed by atoms with E-state index in [2.05, 4.69) is 139 Å². The molecule has 0 aliphatic heterocycles. The van der Waals surface area contributed by atoms with Crippen molar-refractivity contribution in [2.75, 3.05) is 0 Å². The molecular formula is C43H36O. The van der Waals surface area contributed by atoms with E-state index in [4.69, 9.17) is 4.42 Å². The van der Waals surface area contributed by atoms with E-state index in [0.717, 1.165) is 33.9 Å². The van der Waals surface area contributed by atoms with Crippen LogP contribution in [0, 0.1) is 41.5 Å². The van der Waals surface area contributed by atoms with E-state index in [1.165, 1.54) is 83.5 Å². The van der Waals surface area contributed by atoms with E-state index in [0.29, 0.717) is 0 Å². The van der Waals surface area contributed by atoms with Gasteiger partial charge in [-0.25, -0.2) is 0 Å². The lowest BCUT2D eigenvalue weighted by atomic mass is 9.89. The minimum Gasteiger partial charge on any atom is -0.455 e. The van der Waals surface area contributed by atoms with Crippen LogP contribution >= 0.6 is 0 Å². The van der Waals surface area contributed by atoms with Crippen molar-refractivity contribution in [1.29, 1.82) is 0 Å². The number of fused-ring (bicyclic) bond motifs is 6. The molecule has 6 aromatic carbocycles. The summed E-state index contributed by atoms with van der Waals surface area (Å²) in [6, 6.07) is 36.4. The van der Waals surface area contributed by atoms with Crippen LogP contribution in [0.2, 0.25) is 0 Å². The zero-order valence-corrected chi connectivity index (χ0v) is 26.4. The van der Waals surface area contributed by atoms with Crippen molar-refractivity contribution in [1.82, 2.24) is 0 Å². The lowest BCUT2D eigenvalue weighted by molar-refractivity contribution is 0.670. The van der Waals surface area contributed by atoms with Crippen molar-refractivity contribution < 1.29 is 4.42 Å². The van der Waals surface area contributed by atoms with Crippen LogP contribution < -0.4 is 0 Å². The lowest BCUT2D eigenvalue weighted by Crippen LogP contribution is -1.92. The van der Waals surface area contributed by atoms with Crippen LogP contribution in [0.4, 0.5) is 0 Å². The standard InChI is InChI=1S/C43H36O/c1-24-15-26(3)41(27(4)16-24)33-13-14-40-38(21-33)39-23-34(42-28(5)17-25(2)18-29(42)6)22-37(43(39)44-40)32-12-11-31-19-30-9-7-8-10-35(30)36(31)20-32/h7-18,20-23H,19H2,1-6H3. The topological polar surface area (TPSA) is 13.1 Å². The molecule has 1 nitrogen and oxygen atoms in total. The molecule has 1 heterocycles. The van der Waals surface area contributed by atoms with Gasteiger partial charge in [-0.15, -0.1) is 0 Å². The fraction of sp³-hybridized carbons (Fsp3) is 0.163. The van der Waals surface area contributed by atoms with Crippen LogP contribution in [0.3, 0.4) is 0 Å². The molecule has 1 aliphatic carbocycles. The van der Waals surface area contributed by atoms with Crippen LogP contribution in [0.15, 0.2) is 101 Å². The number of benzene rings is 6. The molecule has 1 aromatic heterocycles. The predicted molar refractivity (Wildman–Crippen MR) is 187 cm³/mol. The van der Waals surface area contributed by atoms with Crippen molar-refractivity contribution in [2.45, 2.75) is 48.0 Å². The first-order valence-electron chi connectivity index (χ1n) is 15.6. The molecular weight excluding hydrogens is 532 g/mol. The summed E-state index contributed by atoms with van der Waals surface area (Å²) < 4.78 is 6.77. The summed E-state index contributed by atoms with van der Waals surface area (Å²) in [4.78, 5) is 0. The highest BCUT2D eigenvalue weighted by molar-refractivity contribution is 6.12. The van der Waals surface area contributed by atoms with Crippen LogP contribution in [0.25, 0.3) is 66.4 Å². The second kappa shape index (κ2) is 9.82. The third kappa shape index (κ3) is 4.14. The quantitative estimate of drug-likeness (QED) is 0.207. The van der Waals surface area contributed by atoms with Gasteiger partial charge in [0.15, 0.2) is 0 Å². The molecule has 8 rings (SSSR count). The van der Waals surface area contributed by atoms with Gasteiger partial charge < -0.3 is 4.42 Å². The van der Waals surface area contributed by atoms with E-state index in [1.807, 2.05) is 0 Å². The van der Waals surface area contributed by atoms with Gasteiger partial charge in [-0.1, -0.05) is 77.9 Å². The lowest BCUT2D eigenvalue weighted by Gasteiger charge is -2.15. The number of rotatable bonds is 3. The Balaban J connectivity index is 1.42. The monoisotopic (exact) mass is 568 g/mol. The fourth-order valence-electron chi connectivity index (χ4n) is 7.95. The van der Waals surface area contributed by atoms with E-state index in [9.17, 15) is 0 Å². The van der Waals surface area contributed by atoms with Crippen molar-refractivity contribution in [2.24, 2.45) is 0 Å². The Hall–Kier alpha value is -4.88. The number of hydrogen-bond acceptors (Lipinski definition) is 1. The first kappa shape index (κ1) is 26.7. The number of furan rings is 1. The van der Waals surface area contributed by atoms with Gasteiger partial charge in [0.1, 0.15) is 11.2 Å². The van der Waals surface area contributed by atoms with Crippen molar-refractivity contribution >= 4 is 21.9 Å². The van der Waals surface area contributed by atoms with Crippen LogP contribution in [-0.2, 0) is 6.42 Å². The van der Waals surface area contributed by atoms with Gasteiger partial charge >= 0.3 is 0 Å². The molecule has 0 unspecified atom stereocenters. The third-order valence-corrected chi connectivity index (χ3v) is 9.61. The van der Waals surface area contributed by atoms with E-state index in [1.54, 1.807) is 0 Å². The zero-order valence-electron chi connectivity index (χ0n) is 26.4. The van der Waals surface area contributed by atoms with Crippen molar-refractivity contribution in [3.8, 4) is 44.5 Å². The molecule has 1 heteroatoms. The molecule has 0 atom stereocenters. The Bertz CT molecular complexity index is 2260. The maximum Gasteiger partial charge on any atom is 0.143 e. The predicted octanol–water partition coefficient (Wildman–Crippen LogP) is 12.0. The Morgan fingerprint density at radius 3 is 1.73 bits per heavy atom. The first-order chi connectivity index (χ1) is 21.2. The average Bonchev–Trinajstić information content (AvgIpc) is 3.53. The molecule has 0 bridgehead atoms. The van der Waals surface area contributed by atoms with Gasteiger partial charge in [-0.3, -0.25) is 0 Å². The Kier molecular flexibility index (Phi) is 5.97. The molecule has 214 valence electrons. The highest BCUT2D eigenvalue weighted by Gasteiger charge is 2.22. The molecule has 0 spiro atoms. The molecule has 44 heavy (non-hydrogen) atoms. The van der Waals surface area contributed by atoms with Crippen molar-refractivity contribution in [3.05, 3.63) is 142 Å².